The molecule has 5 nitrogen and oxygen atoms in total. The average Bonchev–Trinajstić information content (AvgIpc) is 3.07. The zero-order chi connectivity index (χ0) is 17.6. The quantitative estimate of drug-likeness (QED) is 0.737. The van der Waals surface area contributed by atoms with Gasteiger partial charge in [-0.1, -0.05) is 42.5 Å². The van der Waals surface area contributed by atoms with Crippen molar-refractivity contribution >= 4 is 22.4 Å². The predicted molar refractivity (Wildman–Crippen MR) is 100 cm³/mol. The summed E-state index contributed by atoms with van der Waals surface area (Å²) in [5.74, 6) is 0.553. The molecule has 0 radical (unpaired) electrons. The summed E-state index contributed by atoms with van der Waals surface area (Å²) in [6.07, 6.45) is 0. The van der Waals surface area contributed by atoms with E-state index in [0.29, 0.717) is 17.4 Å². The number of likely N-dealkylation sites (N-methyl/N-ethyl adjacent to an activating group) is 1. The Morgan fingerprint density at radius 2 is 2.00 bits per heavy atom. The highest BCUT2D eigenvalue weighted by atomic mass is 32.1. The first-order valence-corrected chi connectivity index (χ1v) is 8.72. The summed E-state index contributed by atoms with van der Waals surface area (Å²) in [7, 11) is 1.77. The van der Waals surface area contributed by atoms with Crippen molar-refractivity contribution in [2.24, 2.45) is 0 Å². The van der Waals surface area contributed by atoms with Crippen LogP contribution in [0.4, 0.5) is 5.13 Å². The van der Waals surface area contributed by atoms with Gasteiger partial charge in [0.05, 0.1) is 5.69 Å². The van der Waals surface area contributed by atoms with E-state index in [1.807, 2.05) is 60.0 Å². The minimum atomic E-state index is -0.0767. The number of rotatable bonds is 6. The lowest BCUT2D eigenvalue weighted by Gasteiger charge is -2.17. The van der Waals surface area contributed by atoms with Gasteiger partial charge in [0.2, 0.25) is 0 Å². The first-order valence-electron chi connectivity index (χ1n) is 7.84. The second-order valence-electron chi connectivity index (χ2n) is 5.62. The Labute approximate surface area is 150 Å². The molecule has 1 aromatic heterocycles. The zero-order valence-electron chi connectivity index (χ0n) is 13.9. The van der Waals surface area contributed by atoms with Crippen LogP contribution in [0.5, 0.6) is 5.75 Å². The number of hydrogen-bond acceptors (Lipinski definition) is 5. The molecule has 0 spiro atoms. The van der Waals surface area contributed by atoms with E-state index in [0.717, 1.165) is 16.8 Å². The maximum absolute atomic E-state index is 12.3. The molecule has 25 heavy (non-hydrogen) atoms. The van der Waals surface area contributed by atoms with E-state index in [9.17, 15) is 4.79 Å². The predicted octanol–water partition coefficient (Wildman–Crippen LogP) is 3.43. The highest BCUT2D eigenvalue weighted by molar-refractivity contribution is 7.13. The van der Waals surface area contributed by atoms with Crippen LogP contribution in [0.2, 0.25) is 0 Å². The smallest absolute Gasteiger partial charge is 0.260 e. The molecule has 3 rings (SSSR count). The molecule has 1 heterocycles. The monoisotopic (exact) mass is 353 g/mol. The number of amides is 1. The van der Waals surface area contributed by atoms with E-state index in [2.05, 4.69) is 4.98 Å². The molecule has 128 valence electrons. The minimum absolute atomic E-state index is 0.00795. The summed E-state index contributed by atoms with van der Waals surface area (Å²) in [6, 6.07) is 17.4. The lowest BCUT2D eigenvalue weighted by atomic mass is 10.2. The number of anilines is 1. The van der Waals surface area contributed by atoms with Crippen LogP contribution in [0.1, 0.15) is 5.56 Å². The number of thiazole rings is 1. The molecule has 0 aliphatic heterocycles. The van der Waals surface area contributed by atoms with Crippen molar-refractivity contribution in [2.75, 3.05) is 19.4 Å². The van der Waals surface area contributed by atoms with Gasteiger partial charge in [0, 0.05) is 24.5 Å². The third-order valence-electron chi connectivity index (χ3n) is 3.70. The Kier molecular flexibility index (Phi) is 5.30. The molecule has 6 heteroatoms. The maximum atomic E-state index is 12.3. The molecule has 3 aromatic rings. The van der Waals surface area contributed by atoms with Crippen molar-refractivity contribution in [3.8, 4) is 17.0 Å². The SMILES string of the molecule is CN(Cc1ccccc1)C(=O)COc1cccc(-c2csc(N)n2)c1. The summed E-state index contributed by atoms with van der Waals surface area (Å²) in [6.45, 7) is 0.549. The second kappa shape index (κ2) is 7.81. The van der Waals surface area contributed by atoms with Gasteiger partial charge in [-0.25, -0.2) is 4.98 Å². The fourth-order valence-electron chi connectivity index (χ4n) is 2.37. The van der Waals surface area contributed by atoms with Gasteiger partial charge in [-0.2, -0.15) is 0 Å². The van der Waals surface area contributed by atoms with Gasteiger partial charge in [0.15, 0.2) is 11.7 Å². The van der Waals surface area contributed by atoms with Crippen molar-refractivity contribution < 1.29 is 9.53 Å². The molecule has 2 aromatic carbocycles. The summed E-state index contributed by atoms with van der Waals surface area (Å²) in [5.41, 5.74) is 8.48. The van der Waals surface area contributed by atoms with Crippen molar-refractivity contribution in [1.82, 2.24) is 9.88 Å². The zero-order valence-corrected chi connectivity index (χ0v) is 14.7. The van der Waals surface area contributed by atoms with Crippen molar-refractivity contribution in [3.05, 3.63) is 65.5 Å². The van der Waals surface area contributed by atoms with Crippen LogP contribution in [-0.2, 0) is 11.3 Å². The van der Waals surface area contributed by atoms with Crippen LogP contribution in [0, 0.1) is 0 Å². The number of aromatic nitrogens is 1. The number of nitrogen functional groups attached to an aromatic ring is 1. The molecule has 1 amide bonds. The number of carbonyl (C=O) groups is 1. The molecule has 0 unspecified atom stereocenters. The number of nitrogens with zero attached hydrogens (tertiary/aromatic N) is 2. The number of benzene rings is 2. The van der Waals surface area contributed by atoms with Gasteiger partial charge in [-0.05, 0) is 17.7 Å². The number of carbonyl (C=O) groups excluding carboxylic acids is 1. The highest BCUT2D eigenvalue weighted by Crippen LogP contribution is 2.26. The molecule has 0 saturated heterocycles. The average molecular weight is 353 g/mol. The number of nitrogens with two attached hydrogens (primary N) is 1. The first kappa shape index (κ1) is 17.0. The van der Waals surface area contributed by atoms with Gasteiger partial charge in [0.25, 0.3) is 5.91 Å². The summed E-state index contributed by atoms with van der Waals surface area (Å²) in [4.78, 5) is 18.2. The molecule has 0 aliphatic carbocycles. The molecular weight excluding hydrogens is 334 g/mol. The van der Waals surface area contributed by atoms with E-state index in [4.69, 9.17) is 10.5 Å². The van der Waals surface area contributed by atoms with Crippen LogP contribution in [0.3, 0.4) is 0 Å². The Hall–Kier alpha value is -2.86. The fourth-order valence-corrected chi connectivity index (χ4v) is 2.94. The van der Waals surface area contributed by atoms with E-state index in [-0.39, 0.29) is 12.5 Å². The maximum Gasteiger partial charge on any atom is 0.260 e. The third kappa shape index (κ3) is 4.58. The fraction of sp³-hybridized carbons (Fsp3) is 0.158. The van der Waals surface area contributed by atoms with Crippen LogP contribution >= 0.6 is 11.3 Å². The van der Waals surface area contributed by atoms with E-state index in [1.54, 1.807) is 11.9 Å². The van der Waals surface area contributed by atoms with Crippen LogP contribution in [-0.4, -0.2) is 29.4 Å². The van der Waals surface area contributed by atoms with Gasteiger partial charge in [-0.15, -0.1) is 11.3 Å². The van der Waals surface area contributed by atoms with Gasteiger partial charge >= 0.3 is 0 Å². The number of hydrogen-bond donors (Lipinski definition) is 1. The first-order chi connectivity index (χ1) is 12.1. The second-order valence-corrected chi connectivity index (χ2v) is 6.51. The summed E-state index contributed by atoms with van der Waals surface area (Å²) >= 11 is 1.39. The van der Waals surface area contributed by atoms with Gasteiger partial charge < -0.3 is 15.4 Å². The largest absolute Gasteiger partial charge is 0.484 e. The van der Waals surface area contributed by atoms with Crippen LogP contribution < -0.4 is 10.5 Å². The molecule has 0 aliphatic rings. The Morgan fingerprint density at radius 3 is 2.72 bits per heavy atom. The third-order valence-corrected chi connectivity index (χ3v) is 4.38. The Bertz CT molecular complexity index is 849. The standard InChI is InChI=1S/C19H19N3O2S/c1-22(11-14-6-3-2-4-7-14)18(23)12-24-16-9-5-8-15(10-16)17-13-25-19(20)21-17/h2-10,13H,11-12H2,1H3,(H2,20,21). The van der Waals surface area contributed by atoms with Gasteiger partial charge in [0.1, 0.15) is 5.75 Å². The van der Waals surface area contributed by atoms with E-state index >= 15 is 0 Å². The molecule has 0 bridgehead atoms. The van der Waals surface area contributed by atoms with E-state index in [1.165, 1.54) is 11.3 Å². The molecule has 0 atom stereocenters. The highest BCUT2D eigenvalue weighted by Gasteiger charge is 2.11. The molecule has 2 N–H and O–H groups in total. The topological polar surface area (TPSA) is 68.5 Å². The van der Waals surface area contributed by atoms with E-state index < -0.39 is 0 Å². The van der Waals surface area contributed by atoms with Crippen molar-refractivity contribution in [1.29, 1.82) is 0 Å². The Morgan fingerprint density at radius 1 is 1.20 bits per heavy atom. The minimum Gasteiger partial charge on any atom is -0.484 e. The lowest BCUT2D eigenvalue weighted by molar-refractivity contribution is -0.132. The van der Waals surface area contributed by atoms with Crippen LogP contribution in [0.15, 0.2) is 60.0 Å². The van der Waals surface area contributed by atoms with Gasteiger partial charge in [-0.3, -0.25) is 4.79 Å². The normalized spacial score (nSPS) is 10.4. The lowest BCUT2D eigenvalue weighted by Crippen LogP contribution is -2.30. The molecular formula is C19H19N3O2S. The molecule has 0 saturated carbocycles. The summed E-state index contributed by atoms with van der Waals surface area (Å²) in [5, 5.41) is 2.42. The molecule has 0 fully saturated rings. The number of ether oxygens (including phenoxy) is 1. The summed E-state index contributed by atoms with van der Waals surface area (Å²) < 4.78 is 5.65. The Balaban J connectivity index is 1.58. The van der Waals surface area contributed by atoms with Crippen molar-refractivity contribution in [3.63, 3.8) is 0 Å². The van der Waals surface area contributed by atoms with Crippen LogP contribution in [0.25, 0.3) is 11.3 Å². The van der Waals surface area contributed by atoms with Crippen molar-refractivity contribution in [2.45, 2.75) is 6.54 Å².